The second-order valence-electron chi connectivity index (χ2n) is 19.2. The molecule has 0 aliphatic heterocycles. The summed E-state index contributed by atoms with van der Waals surface area (Å²) in [6.07, 6.45) is 74.4. The number of esters is 3. The predicted octanol–water partition coefficient (Wildman–Crippen LogP) is 19.5. The Hall–Kier alpha value is -3.41. The fourth-order valence-corrected chi connectivity index (χ4v) is 8.07. The summed E-state index contributed by atoms with van der Waals surface area (Å²) in [5.41, 5.74) is 0. The zero-order chi connectivity index (χ0) is 50.0. The molecule has 0 amide bonds. The molecular weight excluding hydrogens is 853 g/mol. The van der Waals surface area contributed by atoms with Gasteiger partial charge in [0.2, 0.25) is 0 Å². The molecule has 0 aromatic carbocycles. The van der Waals surface area contributed by atoms with Crippen LogP contribution in [0.15, 0.2) is 85.1 Å². The summed E-state index contributed by atoms with van der Waals surface area (Å²) in [7, 11) is 0. The van der Waals surface area contributed by atoms with Gasteiger partial charge in [0.1, 0.15) is 13.2 Å². The van der Waals surface area contributed by atoms with E-state index >= 15 is 0 Å². The molecule has 0 aromatic heterocycles. The average molecular weight is 962 g/mol. The highest BCUT2D eigenvalue weighted by Crippen LogP contribution is 2.16. The molecule has 0 saturated carbocycles. The fourth-order valence-electron chi connectivity index (χ4n) is 8.07. The van der Waals surface area contributed by atoms with Gasteiger partial charge in [-0.3, -0.25) is 14.4 Å². The molecule has 396 valence electrons. The molecule has 0 radical (unpaired) electrons. The van der Waals surface area contributed by atoms with E-state index in [2.05, 4.69) is 106 Å². The summed E-state index contributed by atoms with van der Waals surface area (Å²) in [5.74, 6) is -0.911. The summed E-state index contributed by atoms with van der Waals surface area (Å²) in [5, 5.41) is 0. The molecule has 0 aliphatic rings. The van der Waals surface area contributed by atoms with Gasteiger partial charge in [0.05, 0.1) is 0 Å². The molecule has 0 rings (SSSR count). The van der Waals surface area contributed by atoms with Crippen LogP contribution in [0.4, 0.5) is 0 Å². The van der Waals surface area contributed by atoms with Crippen molar-refractivity contribution < 1.29 is 28.6 Å². The number of carbonyl (C=O) groups is 3. The van der Waals surface area contributed by atoms with Crippen LogP contribution in [0.1, 0.15) is 278 Å². The Morgan fingerprint density at radius 3 is 0.884 bits per heavy atom. The van der Waals surface area contributed by atoms with Crippen molar-refractivity contribution >= 4 is 17.9 Å². The molecule has 0 fully saturated rings. The van der Waals surface area contributed by atoms with Crippen molar-refractivity contribution in [2.45, 2.75) is 284 Å². The van der Waals surface area contributed by atoms with E-state index in [9.17, 15) is 14.4 Å². The highest BCUT2D eigenvalue weighted by Gasteiger charge is 2.19. The SMILES string of the molecule is CC/C=C\C/C=C\C/C=C\C/C=C\C/C=C\C/C=C\C/C=C\CCCCCC(=O)OCC(COC(=O)CCCCCCCCCCCC)OC(=O)CCCCCCCCCCCCCCCCCC. The van der Waals surface area contributed by atoms with Crippen LogP contribution in [0.5, 0.6) is 0 Å². The molecular formula is C63H108O6. The maximum atomic E-state index is 12.8. The number of ether oxygens (including phenoxy) is 3. The van der Waals surface area contributed by atoms with Crippen LogP contribution in [-0.4, -0.2) is 37.2 Å². The van der Waals surface area contributed by atoms with E-state index in [1.165, 1.54) is 128 Å². The van der Waals surface area contributed by atoms with Crippen molar-refractivity contribution in [1.29, 1.82) is 0 Å². The van der Waals surface area contributed by atoms with Gasteiger partial charge in [-0.2, -0.15) is 0 Å². The van der Waals surface area contributed by atoms with E-state index in [0.29, 0.717) is 19.3 Å². The molecule has 0 heterocycles. The molecule has 1 atom stereocenters. The average Bonchev–Trinajstić information content (AvgIpc) is 3.35. The highest BCUT2D eigenvalue weighted by atomic mass is 16.6. The third-order valence-corrected chi connectivity index (χ3v) is 12.4. The monoisotopic (exact) mass is 961 g/mol. The standard InChI is InChI=1S/C63H108O6/c1-4-7-10-13-16-19-22-24-26-28-29-30-31-32-33-34-35-36-38-39-41-44-47-50-53-56-62(65)68-59-60(58-67-61(64)55-52-49-46-43-21-18-15-12-9-6-3)69-63(66)57-54-51-48-45-42-40-37-27-25-23-20-17-14-11-8-5-2/h7,10,16,19,24,26,29-30,32-33,35-36,39,41,60H,4-6,8-9,11-15,17-18,20-23,25,27-28,31,34,37-38,40,42-59H2,1-3H3/b10-7-,19-16-,26-24-,30-29-,33-32-,36-35-,41-39-. The third kappa shape index (κ3) is 55.4. The van der Waals surface area contributed by atoms with Crippen molar-refractivity contribution in [2.75, 3.05) is 13.2 Å². The molecule has 6 nitrogen and oxygen atoms in total. The Labute approximate surface area is 426 Å². The molecule has 0 saturated heterocycles. The highest BCUT2D eigenvalue weighted by molar-refractivity contribution is 5.71. The maximum Gasteiger partial charge on any atom is 0.306 e. The second-order valence-corrected chi connectivity index (χ2v) is 19.2. The van der Waals surface area contributed by atoms with Gasteiger partial charge in [0, 0.05) is 19.3 Å². The maximum absolute atomic E-state index is 12.8. The Morgan fingerprint density at radius 2 is 0.565 bits per heavy atom. The minimum absolute atomic E-state index is 0.0839. The first kappa shape index (κ1) is 65.6. The van der Waals surface area contributed by atoms with Gasteiger partial charge in [-0.15, -0.1) is 0 Å². The first-order valence-corrected chi connectivity index (χ1v) is 29.1. The van der Waals surface area contributed by atoms with Crippen LogP contribution >= 0.6 is 0 Å². The van der Waals surface area contributed by atoms with Gasteiger partial charge in [0.15, 0.2) is 6.10 Å². The third-order valence-electron chi connectivity index (χ3n) is 12.4. The Bertz CT molecular complexity index is 1330. The minimum Gasteiger partial charge on any atom is -0.462 e. The topological polar surface area (TPSA) is 78.9 Å². The molecule has 0 aromatic rings. The number of carbonyl (C=O) groups excluding carboxylic acids is 3. The van der Waals surface area contributed by atoms with E-state index in [4.69, 9.17) is 14.2 Å². The number of rotatable bonds is 52. The normalized spacial score (nSPS) is 12.7. The van der Waals surface area contributed by atoms with Crippen LogP contribution in [0.3, 0.4) is 0 Å². The van der Waals surface area contributed by atoms with Crippen molar-refractivity contribution in [3.05, 3.63) is 85.1 Å². The molecule has 0 bridgehead atoms. The summed E-state index contributed by atoms with van der Waals surface area (Å²) in [6, 6.07) is 0. The molecule has 1 unspecified atom stereocenters. The summed E-state index contributed by atoms with van der Waals surface area (Å²) in [6.45, 7) is 6.50. The zero-order valence-electron chi connectivity index (χ0n) is 45.3. The van der Waals surface area contributed by atoms with Gasteiger partial charge >= 0.3 is 17.9 Å². The number of hydrogen-bond acceptors (Lipinski definition) is 6. The molecule has 0 spiro atoms. The zero-order valence-corrected chi connectivity index (χ0v) is 45.3. The number of hydrogen-bond donors (Lipinski definition) is 0. The lowest BCUT2D eigenvalue weighted by atomic mass is 10.0. The van der Waals surface area contributed by atoms with E-state index < -0.39 is 6.10 Å². The van der Waals surface area contributed by atoms with Gasteiger partial charge in [-0.1, -0.05) is 266 Å². The van der Waals surface area contributed by atoms with Crippen molar-refractivity contribution in [3.8, 4) is 0 Å². The van der Waals surface area contributed by atoms with E-state index in [-0.39, 0.29) is 31.1 Å². The van der Waals surface area contributed by atoms with Crippen LogP contribution in [0, 0.1) is 0 Å². The quantitative estimate of drug-likeness (QED) is 0.0262. The summed E-state index contributed by atoms with van der Waals surface area (Å²) >= 11 is 0. The predicted molar refractivity (Wildman–Crippen MR) is 297 cm³/mol. The van der Waals surface area contributed by atoms with Gasteiger partial charge in [0.25, 0.3) is 0 Å². The van der Waals surface area contributed by atoms with Crippen LogP contribution in [-0.2, 0) is 28.6 Å². The van der Waals surface area contributed by atoms with E-state index in [0.717, 1.165) is 109 Å². The van der Waals surface area contributed by atoms with Gasteiger partial charge in [-0.25, -0.2) is 0 Å². The van der Waals surface area contributed by atoms with E-state index in [1.807, 2.05) is 0 Å². The fraction of sp³-hybridized carbons (Fsp3) is 0.730. The van der Waals surface area contributed by atoms with Crippen molar-refractivity contribution in [1.82, 2.24) is 0 Å². The largest absolute Gasteiger partial charge is 0.462 e. The van der Waals surface area contributed by atoms with Crippen molar-refractivity contribution in [2.24, 2.45) is 0 Å². The van der Waals surface area contributed by atoms with Gasteiger partial charge < -0.3 is 14.2 Å². The second kappa shape index (κ2) is 57.2. The Balaban J connectivity index is 4.35. The van der Waals surface area contributed by atoms with E-state index in [1.54, 1.807) is 0 Å². The summed E-state index contributed by atoms with van der Waals surface area (Å²) < 4.78 is 16.8. The lowest BCUT2D eigenvalue weighted by Gasteiger charge is -2.18. The first-order chi connectivity index (χ1) is 34.0. The number of unbranched alkanes of at least 4 members (excludes halogenated alkanes) is 27. The lowest BCUT2D eigenvalue weighted by Crippen LogP contribution is -2.30. The molecule has 0 aliphatic carbocycles. The van der Waals surface area contributed by atoms with Crippen LogP contribution in [0.25, 0.3) is 0 Å². The summed E-state index contributed by atoms with van der Waals surface area (Å²) in [4.78, 5) is 38.1. The first-order valence-electron chi connectivity index (χ1n) is 29.1. The van der Waals surface area contributed by atoms with Gasteiger partial charge in [-0.05, 0) is 77.0 Å². The smallest absolute Gasteiger partial charge is 0.306 e. The van der Waals surface area contributed by atoms with Crippen molar-refractivity contribution in [3.63, 3.8) is 0 Å². The molecule has 69 heavy (non-hydrogen) atoms. The lowest BCUT2D eigenvalue weighted by molar-refractivity contribution is -0.167. The van der Waals surface area contributed by atoms with Crippen LogP contribution in [0.2, 0.25) is 0 Å². The minimum atomic E-state index is -0.787. The number of allylic oxidation sites excluding steroid dienone is 14. The Morgan fingerprint density at radius 1 is 0.304 bits per heavy atom. The Kier molecular flexibility index (Phi) is 54.3. The van der Waals surface area contributed by atoms with Crippen LogP contribution < -0.4 is 0 Å². The molecule has 0 N–H and O–H groups in total. The molecule has 6 heteroatoms.